The molecule has 1 aliphatic rings. The van der Waals surface area contributed by atoms with Crippen LogP contribution >= 0.6 is 0 Å². The van der Waals surface area contributed by atoms with Crippen LogP contribution in [-0.4, -0.2) is 37.2 Å². The minimum absolute atomic E-state index is 0.545. The molecule has 0 unspecified atom stereocenters. The number of hydrogen-bond donors (Lipinski definition) is 0. The number of ether oxygens (including phenoxy) is 1. The SMILES string of the molecule is CCCN1CCC(OCC)CC1. The number of rotatable bonds is 4. The first-order valence-electron chi connectivity index (χ1n) is 5.20. The molecule has 0 aromatic carbocycles. The molecule has 1 saturated heterocycles. The van der Waals surface area contributed by atoms with Crippen molar-refractivity contribution in [1.29, 1.82) is 0 Å². The van der Waals surface area contributed by atoms with E-state index in [9.17, 15) is 0 Å². The smallest absolute Gasteiger partial charge is 0.0599 e. The largest absolute Gasteiger partial charge is 0.378 e. The third-order valence-corrected chi connectivity index (χ3v) is 2.48. The molecule has 0 spiro atoms. The Morgan fingerprint density at radius 2 is 1.92 bits per heavy atom. The van der Waals surface area contributed by atoms with Gasteiger partial charge >= 0.3 is 0 Å². The lowest BCUT2D eigenvalue weighted by atomic mass is 10.1. The molecular weight excluding hydrogens is 150 g/mol. The minimum atomic E-state index is 0.545. The van der Waals surface area contributed by atoms with Crippen LogP contribution in [0.15, 0.2) is 0 Å². The fourth-order valence-corrected chi connectivity index (χ4v) is 1.85. The molecule has 0 saturated carbocycles. The third kappa shape index (κ3) is 3.11. The summed E-state index contributed by atoms with van der Waals surface area (Å²) in [6, 6.07) is 0. The second-order valence-corrected chi connectivity index (χ2v) is 3.50. The Kier molecular flexibility index (Phi) is 4.62. The lowest BCUT2D eigenvalue weighted by molar-refractivity contribution is 0.0143. The molecule has 0 aromatic heterocycles. The van der Waals surface area contributed by atoms with Gasteiger partial charge in [0, 0.05) is 19.7 Å². The van der Waals surface area contributed by atoms with Gasteiger partial charge in [0.05, 0.1) is 6.10 Å². The van der Waals surface area contributed by atoms with Crippen molar-refractivity contribution in [2.45, 2.75) is 39.2 Å². The van der Waals surface area contributed by atoms with E-state index in [0.717, 1.165) is 6.61 Å². The summed E-state index contributed by atoms with van der Waals surface area (Å²) in [6.45, 7) is 8.93. The summed E-state index contributed by atoms with van der Waals surface area (Å²) < 4.78 is 5.58. The van der Waals surface area contributed by atoms with Crippen molar-refractivity contribution < 1.29 is 4.74 Å². The van der Waals surface area contributed by atoms with E-state index >= 15 is 0 Å². The first-order valence-corrected chi connectivity index (χ1v) is 5.20. The van der Waals surface area contributed by atoms with Gasteiger partial charge in [-0.3, -0.25) is 0 Å². The van der Waals surface area contributed by atoms with Gasteiger partial charge in [-0.25, -0.2) is 0 Å². The van der Waals surface area contributed by atoms with Crippen LogP contribution in [-0.2, 0) is 4.74 Å². The normalized spacial score (nSPS) is 21.5. The van der Waals surface area contributed by atoms with E-state index < -0.39 is 0 Å². The lowest BCUT2D eigenvalue weighted by Crippen LogP contribution is -2.37. The second-order valence-electron chi connectivity index (χ2n) is 3.50. The van der Waals surface area contributed by atoms with Gasteiger partial charge in [0.2, 0.25) is 0 Å². The summed E-state index contributed by atoms with van der Waals surface area (Å²) in [7, 11) is 0. The molecule has 0 aliphatic carbocycles. The van der Waals surface area contributed by atoms with Crippen molar-refractivity contribution in [3.05, 3.63) is 0 Å². The van der Waals surface area contributed by atoms with Crippen LogP contribution in [0.2, 0.25) is 0 Å². The molecule has 1 heterocycles. The van der Waals surface area contributed by atoms with Crippen LogP contribution in [0, 0.1) is 0 Å². The van der Waals surface area contributed by atoms with Crippen molar-refractivity contribution in [3.63, 3.8) is 0 Å². The highest BCUT2D eigenvalue weighted by atomic mass is 16.5. The molecule has 0 atom stereocenters. The Morgan fingerprint density at radius 1 is 1.25 bits per heavy atom. The van der Waals surface area contributed by atoms with Gasteiger partial charge in [-0.05, 0) is 32.7 Å². The zero-order chi connectivity index (χ0) is 8.81. The van der Waals surface area contributed by atoms with E-state index in [1.54, 1.807) is 0 Å². The maximum atomic E-state index is 5.58. The van der Waals surface area contributed by atoms with Crippen molar-refractivity contribution in [1.82, 2.24) is 4.90 Å². The van der Waals surface area contributed by atoms with Crippen LogP contribution in [0.25, 0.3) is 0 Å². The standard InChI is InChI=1S/C10H21NO/c1-3-7-11-8-5-10(6-9-11)12-4-2/h10H,3-9H2,1-2H3. The highest BCUT2D eigenvalue weighted by molar-refractivity contribution is 4.71. The summed E-state index contributed by atoms with van der Waals surface area (Å²) in [5.74, 6) is 0. The summed E-state index contributed by atoms with van der Waals surface area (Å²) in [5.41, 5.74) is 0. The molecular formula is C10H21NO. The van der Waals surface area contributed by atoms with Crippen LogP contribution < -0.4 is 0 Å². The Balaban J connectivity index is 2.11. The van der Waals surface area contributed by atoms with Crippen molar-refractivity contribution >= 4 is 0 Å². The predicted octanol–water partition coefficient (Wildman–Crippen LogP) is 1.90. The summed E-state index contributed by atoms with van der Waals surface area (Å²) >= 11 is 0. The van der Waals surface area contributed by atoms with Gasteiger partial charge < -0.3 is 9.64 Å². The monoisotopic (exact) mass is 171 g/mol. The Bertz CT molecular complexity index is 94.4. The molecule has 1 aliphatic heterocycles. The molecule has 0 aromatic rings. The minimum Gasteiger partial charge on any atom is -0.378 e. The fourth-order valence-electron chi connectivity index (χ4n) is 1.85. The Labute approximate surface area is 75.9 Å². The van der Waals surface area contributed by atoms with Crippen LogP contribution in [0.3, 0.4) is 0 Å². The molecule has 0 bridgehead atoms. The van der Waals surface area contributed by atoms with E-state index in [1.807, 2.05) is 0 Å². The zero-order valence-corrected chi connectivity index (χ0v) is 8.38. The number of nitrogens with zero attached hydrogens (tertiary/aromatic N) is 1. The number of likely N-dealkylation sites (tertiary alicyclic amines) is 1. The van der Waals surface area contributed by atoms with Gasteiger partial charge in [0.25, 0.3) is 0 Å². The van der Waals surface area contributed by atoms with Gasteiger partial charge in [-0.15, -0.1) is 0 Å². The number of hydrogen-bond acceptors (Lipinski definition) is 2. The van der Waals surface area contributed by atoms with Gasteiger partial charge in [-0.1, -0.05) is 6.92 Å². The van der Waals surface area contributed by atoms with Gasteiger partial charge in [-0.2, -0.15) is 0 Å². The number of piperidine rings is 1. The molecule has 0 radical (unpaired) electrons. The quantitative estimate of drug-likeness (QED) is 0.640. The Hall–Kier alpha value is -0.0800. The van der Waals surface area contributed by atoms with Gasteiger partial charge in [0.15, 0.2) is 0 Å². The second kappa shape index (κ2) is 5.55. The highest BCUT2D eigenvalue weighted by Crippen LogP contribution is 2.13. The molecule has 72 valence electrons. The topological polar surface area (TPSA) is 12.5 Å². The lowest BCUT2D eigenvalue weighted by Gasteiger charge is -2.31. The summed E-state index contributed by atoms with van der Waals surface area (Å²) in [5, 5.41) is 0. The first kappa shape index (κ1) is 10.0. The van der Waals surface area contributed by atoms with Crippen LogP contribution in [0.4, 0.5) is 0 Å². The first-order chi connectivity index (χ1) is 5.86. The van der Waals surface area contributed by atoms with E-state index in [4.69, 9.17) is 4.74 Å². The average Bonchev–Trinajstić information content (AvgIpc) is 2.09. The van der Waals surface area contributed by atoms with E-state index in [2.05, 4.69) is 18.7 Å². The molecule has 2 heteroatoms. The molecule has 0 N–H and O–H groups in total. The summed E-state index contributed by atoms with van der Waals surface area (Å²) in [4.78, 5) is 2.54. The van der Waals surface area contributed by atoms with Crippen LogP contribution in [0.5, 0.6) is 0 Å². The maximum absolute atomic E-state index is 5.58. The molecule has 1 fully saturated rings. The van der Waals surface area contributed by atoms with Crippen molar-refractivity contribution in [2.75, 3.05) is 26.2 Å². The average molecular weight is 171 g/mol. The summed E-state index contributed by atoms with van der Waals surface area (Å²) in [6.07, 6.45) is 4.28. The zero-order valence-electron chi connectivity index (χ0n) is 8.38. The van der Waals surface area contributed by atoms with E-state index in [0.29, 0.717) is 6.10 Å². The van der Waals surface area contributed by atoms with Gasteiger partial charge in [0.1, 0.15) is 0 Å². The van der Waals surface area contributed by atoms with E-state index in [1.165, 1.54) is 38.9 Å². The Morgan fingerprint density at radius 3 is 2.42 bits per heavy atom. The molecule has 2 nitrogen and oxygen atoms in total. The van der Waals surface area contributed by atoms with Crippen molar-refractivity contribution in [3.8, 4) is 0 Å². The van der Waals surface area contributed by atoms with E-state index in [-0.39, 0.29) is 0 Å². The third-order valence-electron chi connectivity index (χ3n) is 2.48. The molecule has 0 amide bonds. The van der Waals surface area contributed by atoms with Crippen LogP contribution in [0.1, 0.15) is 33.1 Å². The fraction of sp³-hybridized carbons (Fsp3) is 1.00. The van der Waals surface area contributed by atoms with Crippen molar-refractivity contribution in [2.24, 2.45) is 0 Å². The highest BCUT2D eigenvalue weighted by Gasteiger charge is 2.17. The maximum Gasteiger partial charge on any atom is 0.0599 e. The predicted molar refractivity (Wildman–Crippen MR) is 51.4 cm³/mol. The molecule has 12 heavy (non-hydrogen) atoms. The molecule has 1 rings (SSSR count).